The third-order valence-corrected chi connectivity index (χ3v) is 5.22. The number of nitrogens with one attached hydrogen (secondary N) is 2. The Kier molecular flexibility index (Phi) is 4.92. The summed E-state index contributed by atoms with van der Waals surface area (Å²) < 4.78 is 57.3. The van der Waals surface area contributed by atoms with E-state index in [1.54, 1.807) is 0 Å². The van der Waals surface area contributed by atoms with Gasteiger partial charge in [0.05, 0.1) is 13.2 Å². The predicted octanol–water partition coefficient (Wildman–Crippen LogP) is 2.53. The number of fused-ring (bicyclic) bond motifs is 1. The minimum Gasteiger partial charge on any atom is -0.497 e. The van der Waals surface area contributed by atoms with Gasteiger partial charge < -0.3 is 30.0 Å². The molecule has 8 nitrogen and oxygen atoms in total. The van der Waals surface area contributed by atoms with Crippen molar-refractivity contribution in [3.05, 3.63) is 53.6 Å². The van der Waals surface area contributed by atoms with Gasteiger partial charge in [0.1, 0.15) is 11.7 Å². The van der Waals surface area contributed by atoms with E-state index in [1.807, 2.05) is 0 Å². The molecule has 0 spiro atoms. The van der Waals surface area contributed by atoms with Crippen LogP contribution in [0.5, 0.6) is 17.2 Å². The Bertz CT molecular complexity index is 1030. The van der Waals surface area contributed by atoms with Gasteiger partial charge >= 0.3 is 12.2 Å². The normalized spacial score (nSPS) is 24.9. The summed E-state index contributed by atoms with van der Waals surface area (Å²) in [5, 5.41) is 14.4. The molecule has 3 N–H and O–H groups in total. The fourth-order valence-corrected chi connectivity index (χ4v) is 3.66. The van der Waals surface area contributed by atoms with Gasteiger partial charge in [-0.3, -0.25) is 4.79 Å². The van der Waals surface area contributed by atoms with Crippen LogP contribution in [0.1, 0.15) is 22.0 Å². The number of ketones is 1. The van der Waals surface area contributed by atoms with E-state index >= 15 is 0 Å². The van der Waals surface area contributed by atoms with Gasteiger partial charge in [-0.15, -0.1) is 0 Å². The second-order valence-electron chi connectivity index (χ2n) is 7.02. The molecule has 2 amide bonds. The first-order valence-corrected chi connectivity index (χ1v) is 9.09. The van der Waals surface area contributed by atoms with Crippen molar-refractivity contribution in [1.29, 1.82) is 0 Å². The molecule has 0 aliphatic carbocycles. The first-order valence-electron chi connectivity index (χ1n) is 9.09. The number of carbonyl (C=O) groups is 2. The Morgan fingerprint density at radius 2 is 1.84 bits per heavy atom. The second-order valence-corrected chi connectivity index (χ2v) is 7.02. The number of urea groups is 1. The molecule has 3 atom stereocenters. The molecular formula is C20H17F3N2O6. The maximum atomic E-state index is 13.9. The third-order valence-electron chi connectivity index (χ3n) is 5.22. The summed E-state index contributed by atoms with van der Waals surface area (Å²) in [7, 11) is 1.40. The number of halogens is 3. The summed E-state index contributed by atoms with van der Waals surface area (Å²) in [5.74, 6) is -2.16. The van der Waals surface area contributed by atoms with E-state index in [-0.39, 0.29) is 23.7 Å². The van der Waals surface area contributed by atoms with E-state index in [9.17, 15) is 27.9 Å². The number of carbonyl (C=O) groups excluding carboxylic acids is 2. The van der Waals surface area contributed by atoms with E-state index < -0.39 is 35.7 Å². The molecule has 0 aromatic heterocycles. The van der Waals surface area contributed by atoms with Crippen molar-refractivity contribution in [2.45, 2.75) is 17.9 Å². The maximum absolute atomic E-state index is 13.9. The quantitative estimate of drug-likeness (QED) is 0.634. The lowest BCUT2D eigenvalue weighted by Crippen LogP contribution is -2.72. The largest absolute Gasteiger partial charge is 0.497 e. The van der Waals surface area contributed by atoms with Crippen molar-refractivity contribution in [3.8, 4) is 17.2 Å². The molecule has 11 heteroatoms. The fourth-order valence-electron chi connectivity index (χ4n) is 3.66. The number of amides is 2. The average Bonchev–Trinajstić information content (AvgIpc) is 3.20. The Morgan fingerprint density at radius 3 is 2.48 bits per heavy atom. The topological polar surface area (TPSA) is 106 Å². The molecule has 0 bridgehead atoms. The van der Waals surface area contributed by atoms with Gasteiger partial charge in [-0.05, 0) is 42.0 Å². The number of aliphatic hydroxyl groups is 1. The highest BCUT2D eigenvalue weighted by Crippen LogP contribution is 2.45. The van der Waals surface area contributed by atoms with E-state index in [0.717, 1.165) is 0 Å². The van der Waals surface area contributed by atoms with Crippen LogP contribution in [0.15, 0.2) is 42.5 Å². The van der Waals surface area contributed by atoms with Crippen LogP contribution in [0.4, 0.5) is 18.0 Å². The molecule has 2 aromatic rings. The zero-order valence-electron chi connectivity index (χ0n) is 16.0. The van der Waals surface area contributed by atoms with Crippen molar-refractivity contribution in [3.63, 3.8) is 0 Å². The number of rotatable bonds is 4. The molecule has 164 valence electrons. The molecular weight excluding hydrogens is 421 g/mol. The number of methoxy groups -OCH3 is 1. The number of Topliss-reactive ketones (excluding diaryl/α,β-unsaturated/α-hetero) is 1. The summed E-state index contributed by atoms with van der Waals surface area (Å²) in [6.45, 7) is -0.0714. The molecule has 2 heterocycles. The molecule has 0 radical (unpaired) electrons. The third kappa shape index (κ3) is 3.50. The van der Waals surface area contributed by atoms with E-state index in [1.165, 1.54) is 54.9 Å². The highest BCUT2D eigenvalue weighted by atomic mass is 19.4. The lowest BCUT2D eigenvalue weighted by atomic mass is 9.77. The zero-order valence-corrected chi connectivity index (χ0v) is 16.0. The van der Waals surface area contributed by atoms with Crippen molar-refractivity contribution in [1.82, 2.24) is 10.6 Å². The van der Waals surface area contributed by atoms with Crippen LogP contribution in [0.2, 0.25) is 0 Å². The predicted molar refractivity (Wildman–Crippen MR) is 98.8 cm³/mol. The molecule has 2 aliphatic rings. The van der Waals surface area contributed by atoms with Gasteiger partial charge in [0, 0.05) is 5.56 Å². The fraction of sp³-hybridized carbons (Fsp3) is 0.300. The van der Waals surface area contributed by atoms with Gasteiger partial charge in [0.2, 0.25) is 12.5 Å². The molecule has 2 aliphatic heterocycles. The molecule has 1 saturated heterocycles. The molecule has 0 unspecified atom stereocenters. The molecule has 2 aromatic carbocycles. The highest BCUT2D eigenvalue weighted by Gasteiger charge is 2.66. The number of hydrogen-bond donors (Lipinski definition) is 3. The maximum Gasteiger partial charge on any atom is 0.437 e. The average molecular weight is 438 g/mol. The van der Waals surface area contributed by atoms with Crippen molar-refractivity contribution >= 4 is 11.8 Å². The molecule has 0 saturated carbocycles. The summed E-state index contributed by atoms with van der Waals surface area (Å²) >= 11 is 0. The molecule has 31 heavy (non-hydrogen) atoms. The Hall–Kier alpha value is -3.47. The summed E-state index contributed by atoms with van der Waals surface area (Å²) in [4.78, 5) is 25.3. The van der Waals surface area contributed by atoms with E-state index in [0.29, 0.717) is 11.5 Å². The smallest absolute Gasteiger partial charge is 0.437 e. The monoisotopic (exact) mass is 438 g/mol. The van der Waals surface area contributed by atoms with Gasteiger partial charge in [-0.25, -0.2) is 4.79 Å². The first kappa shape index (κ1) is 20.8. The van der Waals surface area contributed by atoms with E-state index in [4.69, 9.17) is 14.2 Å². The zero-order chi connectivity index (χ0) is 22.4. The van der Waals surface area contributed by atoms with Gasteiger partial charge in [0.25, 0.3) is 0 Å². The molecule has 1 fully saturated rings. The first-order chi connectivity index (χ1) is 14.6. The van der Waals surface area contributed by atoms with Crippen molar-refractivity contribution in [2.75, 3.05) is 13.9 Å². The van der Waals surface area contributed by atoms with Crippen LogP contribution in [-0.4, -0.2) is 42.7 Å². The molecule has 4 rings (SSSR count). The van der Waals surface area contributed by atoms with Crippen LogP contribution in [0.25, 0.3) is 0 Å². The van der Waals surface area contributed by atoms with Gasteiger partial charge in [-0.2, -0.15) is 13.2 Å². The SMILES string of the molecule is COc1ccc(C(=O)[C@@H]2[C@H](c3ccc4c(c3)OCO4)NC(=O)N[C@@]2(O)C(F)(F)F)cc1. The summed E-state index contributed by atoms with van der Waals surface area (Å²) in [6.07, 6.45) is -5.34. The standard InChI is InChI=1S/C20H17F3N2O6/c1-29-12-5-2-10(3-6-12)17(26)15-16(11-4-7-13-14(8-11)31-9-30-13)24-18(27)25-19(15,28)20(21,22)23/h2-8,15-16,28H,9H2,1H3,(H2,24,25,27)/t15-,16-,19-/m0/s1. The lowest BCUT2D eigenvalue weighted by molar-refractivity contribution is -0.287. The van der Waals surface area contributed by atoms with Crippen molar-refractivity contribution in [2.24, 2.45) is 5.92 Å². The minimum atomic E-state index is -5.34. The Labute approximate surface area is 173 Å². The minimum absolute atomic E-state index is 0.0714. The van der Waals surface area contributed by atoms with Crippen LogP contribution in [0.3, 0.4) is 0 Å². The number of alkyl halides is 3. The number of ether oxygens (including phenoxy) is 3. The Morgan fingerprint density at radius 1 is 1.16 bits per heavy atom. The Balaban J connectivity index is 1.82. The summed E-state index contributed by atoms with van der Waals surface area (Å²) in [6, 6.07) is 6.81. The van der Waals surface area contributed by atoms with E-state index in [2.05, 4.69) is 5.32 Å². The summed E-state index contributed by atoms with van der Waals surface area (Å²) in [5.41, 5.74) is -3.78. The highest BCUT2D eigenvalue weighted by molar-refractivity contribution is 6.00. The van der Waals surface area contributed by atoms with Gasteiger partial charge in [0.15, 0.2) is 17.3 Å². The van der Waals surface area contributed by atoms with Crippen molar-refractivity contribution < 1.29 is 42.1 Å². The second kappa shape index (κ2) is 7.34. The lowest BCUT2D eigenvalue weighted by Gasteiger charge is -2.45. The number of hydrogen-bond acceptors (Lipinski definition) is 6. The van der Waals surface area contributed by atoms with Crippen LogP contribution >= 0.6 is 0 Å². The van der Waals surface area contributed by atoms with Gasteiger partial charge in [-0.1, -0.05) is 6.07 Å². The van der Waals surface area contributed by atoms with Crippen LogP contribution in [0, 0.1) is 5.92 Å². The van der Waals surface area contributed by atoms with Crippen LogP contribution < -0.4 is 24.8 Å². The number of benzene rings is 2. The van der Waals surface area contributed by atoms with Crippen LogP contribution in [-0.2, 0) is 0 Å².